The van der Waals surface area contributed by atoms with Gasteiger partial charge in [0.05, 0.1) is 11.0 Å². The summed E-state index contributed by atoms with van der Waals surface area (Å²) in [6.45, 7) is 1.71. The topological polar surface area (TPSA) is 101 Å². The van der Waals surface area contributed by atoms with Crippen LogP contribution in [0.4, 0.5) is 17.6 Å². The predicted molar refractivity (Wildman–Crippen MR) is 122 cm³/mol. The highest BCUT2D eigenvalue weighted by Crippen LogP contribution is 2.64. The summed E-state index contributed by atoms with van der Waals surface area (Å²) < 4.78 is 55.7. The minimum absolute atomic E-state index is 0.0955. The molecule has 1 saturated carbocycles. The third-order valence-corrected chi connectivity index (χ3v) is 6.19. The first-order valence-corrected chi connectivity index (χ1v) is 10.9. The van der Waals surface area contributed by atoms with Gasteiger partial charge in [-0.1, -0.05) is 6.07 Å². The number of aromatic nitrogens is 2. The highest BCUT2D eigenvalue weighted by Gasteiger charge is 2.65. The molecule has 1 heterocycles. The number of hydrogen-bond donors (Lipinski definition) is 2. The monoisotopic (exact) mass is 493 g/mol. The highest BCUT2D eigenvalue weighted by atomic mass is 19.4. The summed E-state index contributed by atoms with van der Waals surface area (Å²) in [4.78, 5) is 33.7. The molecular formula is C24H27F4N5O2. The van der Waals surface area contributed by atoms with Gasteiger partial charge in [-0.25, -0.2) is 14.4 Å². The Kier molecular flexibility index (Phi) is 7.59. The van der Waals surface area contributed by atoms with Crippen molar-refractivity contribution in [3.8, 4) is 0 Å². The lowest BCUT2D eigenvalue weighted by Crippen LogP contribution is -2.41. The zero-order chi connectivity index (χ0) is 26.0. The minimum Gasteiger partial charge on any atom is -0.366 e. The zero-order valence-electron chi connectivity index (χ0n) is 19.6. The van der Waals surface area contributed by atoms with E-state index in [4.69, 9.17) is 5.73 Å². The normalized spacial score (nSPS) is 16.2. The number of nitrogens with two attached hydrogens (primary N) is 1. The van der Waals surface area contributed by atoms with Crippen LogP contribution in [0.15, 0.2) is 36.7 Å². The third-order valence-electron chi connectivity index (χ3n) is 6.19. The first kappa shape index (κ1) is 26.3. The number of benzene rings is 1. The van der Waals surface area contributed by atoms with Crippen LogP contribution in [-0.4, -0.2) is 59.5 Å². The molecule has 188 valence electrons. The Bertz CT molecular complexity index is 1130. The van der Waals surface area contributed by atoms with Crippen LogP contribution in [0.5, 0.6) is 0 Å². The second-order valence-electron chi connectivity index (χ2n) is 8.90. The van der Waals surface area contributed by atoms with E-state index < -0.39 is 29.2 Å². The fraction of sp³-hybridized carbons (Fsp3) is 0.417. The Morgan fingerprint density at radius 2 is 1.86 bits per heavy atom. The number of allylic oxidation sites excluding steroid dienone is 1. The number of alkyl halides is 3. The second kappa shape index (κ2) is 10.1. The van der Waals surface area contributed by atoms with Crippen molar-refractivity contribution < 1.29 is 27.2 Å². The molecule has 11 heteroatoms. The maximum absolute atomic E-state index is 14.1. The van der Waals surface area contributed by atoms with Gasteiger partial charge in [-0.05, 0) is 63.6 Å². The maximum Gasteiger partial charge on any atom is 0.398 e. The van der Waals surface area contributed by atoms with Crippen LogP contribution >= 0.6 is 0 Å². The molecule has 3 rings (SSSR count). The van der Waals surface area contributed by atoms with Gasteiger partial charge in [-0.3, -0.25) is 9.59 Å². The lowest BCUT2D eigenvalue weighted by Gasteiger charge is -2.25. The highest BCUT2D eigenvalue weighted by molar-refractivity contribution is 5.97. The lowest BCUT2D eigenvalue weighted by atomic mass is 9.89. The Morgan fingerprint density at radius 3 is 2.34 bits per heavy atom. The Labute approximate surface area is 200 Å². The average Bonchev–Trinajstić information content (AvgIpc) is 3.57. The van der Waals surface area contributed by atoms with Crippen LogP contribution in [0.1, 0.15) is 40.2 Å². The van der Waals surface area contributed by atoms with Crippen LogP contribution < -0.4 is 11.1 Å². The Hall–Kier alpha value is -3.34. The molecule has 3 N–H and O–H groups in total. The standard InChI is InChI=1S/C24H27F4N5O2/c1-14-30-11-16(12-31-14)19(23(6-7-23)24(26,27)28)10-21(34)32-13-17(33(2)3)8-15-4-5-18(22(29)35)20(25)9-15/h4-5,9-12,17H,6-8,13H2,1-3H3,(H2,29,35)(H,32,34)/b19-10-/t17-/m0/s1. The molecule has 7 nitrogen and oxygen atoms in total. The van der Waals surface area contributed by atoms with Crippen molar-refractivity contribution in [2.24, 2.45) is 11.1 Å². The van der Waals surface area contributed by atoms with Gasteiger partial charge in [-0.2, -0.15) is 13.2 Å². The van der Waals surface area contributed by atoms with E-state index >= 15 is 0 Å². The van der Waals surface area contributed by atoms with Gasteiger partial charge in [0, 0.05) is 36.6 Å². The molecule has 1 fully saturated rings. The number of carbonyl (C=O) groups is 2. The summed E-state index contributed by atoms with van der Waals surface area (Å²) in [6, 6.07) is 3.77. The number of rotatable bonds is 9. The molecule has 0 aliphatic heterocycles. The van der Waals surface area contributed by atoms with E-state index in [2.05, 4.69) is 15.3 Å². The van der Waals surface area contributed by atoms with Crippen molar-refractivity contribution in [1.29, 1.82) is 0 Å². The number of nitrogens with one attached hydrogen (secondary N) is 1. The summed E-state index contributed by atoms with van der Waals surface area (Å²) >= 11 is 0. The predicted octanol–water partition coefficient (Wildman–Crippen LogP) is 3.04. The van der Waals surface area contributed by atoms with E-state index in [1.807, 2.05) is 0 Å². The van der Waals surface area contributed by atoms with Gasteiger partial charge >= 0.3 is 6.18 Å². The summed E-state index contributed by atoms with van der Waals surface area (Å²) in [5.74, 6) is -1.90. The quantitative estimate of drug-likeness (QED) is 0.413. The number of primary amides is 1. The summed E-state index contributed by atoms with van der Waals surface area (Å²) in [5, 5.41) is 2.66. The molecule has 1 aromatic carbocycles. The molecule has 0 bridgehead atoms. The summed E-state index contributed by atoms with van der Waals surface area (Å²) in [5.41, 5.74) is 3.37. The third kappa shape index (κ3) is 6.02. The molecule has 0 spiro atoms. The SMILES string of the molecule is Cc1ncc(/C(=C/C(=O)NC[C@H](Cc2ccc(C(N)=O)c(F)c2)N(C)C)C2(C(F)(F)F)CC2)cn1. The molecule has 0 saturated heterocycles. The van der Waals surface area contributed by atoms with Gasteiger partial charge in [0.1, 0.15) is 11.6 Å². The van der Waals surface area contributed by atoms with Crippen molar-refractivity contribution in [3.05, 3.63) is 65.0 Å². The van der Waals surface area contributed by atoms with E-state index in [-0.39, 0.29) is 42.1 Å². The second-order valence-corrected chi connectivity index (χ2v) is 8.90. The van der Waals surface area contributed by atoms with Crippen molar-refractivity contribution >= 4 is 17.4 Å². The first-order valence-electron chi connectivity index (χ1n) is 10.9. The lowest BCUT2D eigenvalue weighted by molar-refractivity contribution is -0.168. The number of aryl methyl sites for hydroxylation is 1. The minimum atomic E-state index is -4.52. The Balaban J connectivity index is 1.78. The number of hydrogen-bond acceptors (Lipinski definition) is 5. The van der Waals surface area contributed by atoms with Crippen LogP contribution in [-0.2, 0) is 11.2 Å². The molecule has 1 aliphatic carbocycles. The van der Waals surface area contributed by atoms with Crippen LogP contribution in [0.2, 0.25) is 0 Å². The van der Waals surface area contributed by atoms with Crippen LogP contribution in [0, 0.1) is 18.2 Å². The van der Waals surface area contributed by atoms with Crippen molar-refractivity contribution in [2.75, 3.05) is 20.6 Å². The van der Waals surface area contributed by atoms with E-state index in [9.17, 15) is 27.2 Å². The van der Waals surface area contributed by atoms with E-state index in [0.717, 1.165) is 6.08 Å². The fourth-order valence-electron chi connectivity index (χ4n) is 3.86. The van der Waals surface area contributed by atoms with Crippen molar-refractivity contribution in [2.45, 2.75) is 38.4 Å². The van der Waals surface area contributed by atoms with E-state index in [1.165, 1.54) is 24.5 Å². The molecule has 2 aromatic rings. The number of carbonyl (C=O) groups excluding carboxylic acids is 2. The Morgan fingerprint density at radius 1 is 1.23 bits per heavy atom. The van der Waals surface area contributed by atoms with Crippen LogP contribution in [0.3, 0.4) is 0 Å². The first-order chi connectivity index (χ1) is 16.3. The number of amides is 2. The number of nitrogens with zero attached hydrogens (tertiary/aromatic N) is 3. The molecule has 1 aromatic heterocycles. The van der Waals surface area contributed by atoms with E-state index in [1.54, 1.807) is 32.0 Å². The van der Waals surface area contributed by atoms with Crippen molar-refractivity contribution in [3.63, 3.8) is 0 Å². The zero-order valence-corrected chi connectivity index (χ0v) is 19.6. The van der Waals surface area contributed by atoms with Gasteiger partial charge in [0.25, 0.3) is 5.91 Å². The smallest absolute Gasteiger partial charge is 0.366 e. The van der Waals surface area contributed by atoms with E-state index in [0.29, 0.717) is 17.8 Å². The fourth-order valence-corrected chi connectivity index (χ4v) is 3.86. The average molecular weight is 494 g/mol. The molecule has 2 amide bonds. The maximum atomic E-state index is 14.1. The number of halogens is 4. The van der Waals surface area contributed by atoms with Gasteiger partial charge in [0.15, 0.2) is 0 Å². The van der Waals surface area contributed by atoms with Gasteiger partial charge in [0.2, 0.25) is 5.91 Å². The summed E-state index contributed by atoms with van der Waals surface area (Å²) in [7, 11) is 3.53. The molecular weight excluding hydrogens is 466 g/mol. The largest absolute Gasteiger partial charge is 0.398 e. The molecule has 0 radical (unpaired) electrons. The number of likely N-dealkylation sites (N-methyl/N-ethyl adjacent to an activating group) is 1. The molecule has 1 aliphatic rings. The summed E-state index contributed by atoms with van der Waals surface area (Å²) in [6.07, 6.45) is -0.869. The molecule has 35 heavy (non-hydrogen) atoms. The van der Waals surface area contributed by atoms with Crippen LogP contribution in [0.25, 0.3) is 5.57 Å². The van der Waals surface area contributed by atoms with Crippen molar-refractivity contribution in [1.82, 2.24) is 20.2 Å². The molecule has 0 unspecified atom stereocenters. The van der Waals surface area contributed by atoms with Gasteiger partial charge < -0.3 is 16.0 Å². The van der Waals surface area contributed by atoms with Gasteiger partial charge in [-0.15, -0.1) is 0 Å². The molecule has 1 atom stereocenters.